The Balaban J connectivity index is 2.05. The van der Waals surface area contributed by atoms with Crippen molar-refractivity contribution < 1.29 is 9.47 Å². The molecule has 5 heteroatoms. The van der Waals surface area contributed by atoms with E-state index in [4.69, 9.17) is 21.1 Å². The molecule has 0 radical (unpaired) electrons. The minimum atomic E-state index is -0.444. The molecule has 154 valence electrons. The number of nitrogens with one attached hydrogen (secondary N) is 1. The van der Waals surface area contributed by atoms with E-state index in [0.29, 0.717) is 18.2 Å². The molecule has 1 heterocycles. The lowest BCUT2D eigenvalue weighted by Gasteiger charge is -2.16. The van der Waals surface area contributed by atoms with Crippen LogP contribution in [0.25, 0.3) is 5.57 Å². The van der Waals surface area contributed by atoms with E-state index in [1.807, 2.05) is 69.3 Å². The summed E-state index contributed by atoms with van der Waals surface area (Å²) in [6, 6.07) is 9.71. The Bertz CT molecular complexity index is 838. The summed E-state index contributed by atoms with van der Waals surface area (Å²) < 4.78 is 11.2. The van der Waals surface area contributed by atoms with Crippen LogP contribution in [0.3, 0.4) is 0 Å². The summed E-state index contributed by atoms with van der Waals surface area (Å²) in [5.41, 5.74) is 4.42. The SMILES string of the molecule is C=C(CC=C/C=C\C)c1ccc(Nc2ccc(C(OCC)OCC)nc2)cc1Cl. The Kier molecular flexibility index (Phi) is 9.65. The van der Waals surface area contributed by atoms with E-state index in [9.17, 15) is 0 Å². The van der Waals surface area contributed by atoms with Gasteiger partial charge in [0, 0.05) is 18.9 Å². The van der Waals surface area contributed by atoms with Gasteiger partial charge >= 0.3 is 0 Å². The zero-order valence-corrected chi connectivity index (χ0v) is 18.1. The molecule has 29 heavy (non-hydrogen) atoms. The van der Waals surface area contributed by atoms with Crippen LogP contribution in [0.2, 0.25) is 5.02 Å². The van der Waals surface area contributed by atoms with Gasteiger partial charge in [-0.25, -0.2) is 0 Å². The molecule has 1 aromatic heterocycles. The van der Waals surface area contributed by atoms with Crippen molar-refractivity contribution in [2.24, 2.45) is 0 Å². The van der Waals surface area contributed by atoms with E-state index < -0.39 is 6.29 Å². The highest BCUT2D eigenvalue weighted by molar-refractivity contribution is 6.32. The third kappa shape index (κ3) is 7.17. The lowest BCUT2D eigenvalue weighted by Crippen LogP contribution is -2.10. The number of anilines is 2. The van der Waals surface area contributed by atoms with Gasteiger partial charge in [-0.2, -0.15) is 0 Å². The van der Waals surface area contributed by atoms with Crippen LogP contribution in [-0.4, -0.2) is 18.2 Å². The lowest BCUT2D eigenvalue weighted by atomic mass is 10.0. The van der Waals surface area contributed by atoms with Crippen LogP contribution in [0.15, 0.2) is 67.4 Å². The molecule has 0 amide bonds. The minimum Gasteiger partial charge on any atom is -0.354 e. The summed E-state index contributed by atoms with van der Waals surface area (Å²) in [5.74, 6) is 0. The monoisotopic (exact) mass is 412 g/mol. The summed E-state index contributed by atoms with van der Waals surface area (Å²) in [5, 5.41) is 3.98. The van der Waals surface area contributed by atoms with Gasteiger partial charge in [-0.1, -0.05) is 48.6 Å². The van der Waals surface area contributed by atoms with Crippen LogP contribution in [-0.2, 0) is 9.47 Å². The quantitative estimate of drug-likeness (QED) is 0.316. The van der Waals surface area contributed by atoms with Crippen molar-refractivity contribution in [2.75, 3.05) is 18.5 Å². The van der Waals surface area contributed by atoms with Gasteiger partial charge in [-0.15, -0.1) is 0 Å². The summed E-state index contributed by atoms with van der Waals surface area (Å²) in [7, 11) is 0. The number of hydrogen-bond donors (Lipinski definition) is 1. The average molecular weight is 413 g/mol. The highest BCUT2D eigenvalue weighted by atomic mass is 35.5. The summed E-state index contributed by atoms with van der Waals surface area (Å²) >= 11 is 6.48. The molecule has 0 spiro atoms. The van der Waals surface area contributed by atoms with Crippen molar-refractivity contribution in [1.29, 1.82) is 0 Å². The van der Waals surface area contributed by atoms with E-state index in [1.165, 1.54) is 0 Å². The molecule has 0 saturated carbocycles. The van der Waals surface area contributed by atoms with Crippen LogP contribution < -0.4 is 5.32 Å². The van der Waals surface area contributed by atoms with Gasteiger partial charge in [0.05, 0.1) is 22.6 Å². The molecule has 0 aliphatic heterocycles. The number of nitrogens with zero attached hydrogens (tertiary/aromatic N) is 1. The van der Waals surface area contributed by atoms with Gasteiger partial charge in [0.25, 0.3) is 0 Å². The number of rotatable bonds is 11. The Labute approximate surface area is 178 Å². The highest BCUT2D eigenvalue weighted by Crippen LogP contribution is 2.29. The Morgan fingerprint density at radius 2 is 1.86 bits per heavy atom. The second-order valence-electron chi connectivity index (χ2n) is 6.30. The molecule has 0 saturated heterocycles. The van der Waals surface area contributed by atoms with Crippen molar-refractivity contribution in [1.82, 2.24) is 4.98 Å². The number of benzene rings is 1. The Morgan fingerprint density at radius 3 is 2.45 bits per heavy atom. The van der Waals surface area contributed by atoms with E-state index >= 15 is 0 Å². The number of ether oxygens (including phenoxy) is 2. The molecule has 1 N–H and O–H groups in total. The van der Waals surface area contributed by atoms with Crippen LogP contribution in [0.4, 0.5) is 11.4 Å². The van der Waals surface area contributed by atoms with E-state index in [1.54, 1.807) is 6.20 Å². The first kappa shape index (κ1) is 22.9. The smallest absolute Gasteiger partial charge is 0.201 e. The Hall–Kier alpha value is -2.40. The van der Waals surface area contributed by atoms with Gasteiger partial charge in [0.2, 0.25) is 6.29 Å². The molecular formula is C24H29ClN2O2. The normalized spacial score (nSPS) is 11.6. The predicted octanol–water partition coefficient (Wildman–Crippen LogP) is 7.09. The average Bonchev–Trinajstić information content (AvgIpc) is 2.72. The fraction of sp³-hybridized carbons (Fsp3) is 0.292. The fourth-order valence-electron chi connectivity index (χ4n) is 2.70. The first-order valence-corrected chi connectivity index (χ1v) is 10.2. The number of pyridine rings is 1. The van der Waals surface area contributed by atoms with Crippen LogP contribution >= 0.6 is 11.6 Å². The summed E-state index contributed by atoms with van der Waals surface area (Å²) in [6.45, 7) is 11.1. The molecular weight excluding hydrogens is 384 g/mol. The lowest BCUT2D eigenvalue weighted by molar-refractivity contribution is -0.142. The number of hydrogen-bond acceptors (Lipinski definition) is 4. The Morgan fingerprint density at radius 1 is 1.14 bits per heavy atom. The second-order valence-corrected chi connectivity index (χ2v) is 6.70. The van der Waals surface area contributed by atoms with Crippen molar-refractivity contribution in [3.63, 3.8) is 0 Å². The van der Waals surface area contributed by atoms with Crippen LogP contribution in [0, 0.1) is 0 Å². The largest absolute Gasteiger partial charge is 0.354 e. The molecule has 0 aliphatic rings. The molecule has 0 fully saturated rings. The van der Waals surface area contributed by atoms with Gasteiger partial charge < -0.3 is 14.8 Å². The molecule has 0 bridgehead atoms. The van der Waals surface area contributed by atoms with Crippen molar-refractivity contribution in [2.45, 2.75) is 33.5 Å². The molecule has 2 rings (SSSR count). The first-order chi connectivity index (χ1) is 14.1. The van der Waals surface area contributed by atoms with Gasteiger partial charge in [0.15, 0.2) is 0 Å². The minimum absolute atomic E-state index is 0.444. The maximum Gasteiger partial charge on any atom is 0.201 e. The third-order valence-corrected chi connectivity index (χ3v) is 4.42. The molecule has 4 nitrogen and oxygen atoms in total. The molecule has 1 aromatic carbocycles. The van der Waals surface area contributed by atoms with Crippen molar-refractivity contribution in [3.8, 4) is 0 Å². The van der Waals surface area contributed by atoms with Gasteiger partial charge in [0.1, 0.15) is 0 Å². The highest BCUT2D eigenvalue weighted by Gasteiger charge is 2.12. The maximum atomic E-state index is 6.48. The third-order valence-electron chi connectivity index (χ3n) is 4.11. The predicted molar refractivity (Wildman–Crippen MR) is 123 cm³/mol. The standard InChI is InChI=1S/C24H29ClN2O2/c1-5-8-9-10-11-18(4)21-14-12-19(16-22(21)25)27-20-13-15-23(26-17-20)24(28-6-2)29-7-3/h5,8-10,12-17,24,27H,4,6-7,11H2,1-3H3/b8-5-,10-9?. The molecule has 0 aliphatic carbocycles. The first-order valence-electron chi connectivity index (χ1n) is 9.80. The van der Waals surface area contributed by atoms with E-state index in [2.05, 4.69) is 23.0 Å². The topological polar surface area (TPSA) is 43.4 Å². The zero-order valence-electron chi connectivity index (χ0n) is 17.3. The second kappa shape index (κ2) is 12.2. The maximum absolute atomic E-state index is 6.48. The van der Waals surface area contributed by atoms with Crippen molar-refractivity contribution >= 4 is 28.5 Å². The summed E-state index contributed by atoms with van der Waals surface area (Å²) in [6.07, 6.45) is 10.1. The van der Waals surface area contributed by atoms with E-state index in [0.717, 1.165) is 34.6 Å². The number of halogens is 1. The summed E-state index contributed by atoms with van der Waals surface area (Å²) in [4.78, 5) is 4.46. The fourth-order valence-corrected chi connectivity index (χ4v) is 3.01. The van der Waals surface area contributed by atoms with Crippen molar-refractivity contribution in [3.05, 3.63) is 83.7 Å². The zero-order chi connectivity index (χ0) is 21.1. The van der Waals surface area contributed by atoms with Gasteiger partial charge in [-0.05, 0) is 62.6 Å². The number of aromatic nitrogens is 1. The van der Waals surface area contributed by atoms with Gasteiger partial charge in [-0.3, -0.25) is 4.98 Å². The van der Waals surface area contributed by atoms with E-state index in [-0.39, 0.29) is 0 Å². The van der Waals surface area contributed by atoms with Crippen LogP contribution in [0.5, 0.6) is 0 Å². The number of allylic oxidation sites excluding steroid dienone is 5. The molecule has 0 unspecified atom stereocenters. The molecule has 2 aromatic rings. The van der Waals surface area contributed by atoms with Crippen LogP contribution in [0.1, 0.15) is 44.7 Å². The molecule has 0 atom stereocenters.